The lowest BCUT2D eigenvalue weighted by molar-refractivity contribution is -0.118. The molecule has 2 rings (SSSR count). The van der Waals surface area contributed by atoms with Crippen molar-refractivity contribution in [2.24, 2.45) is 0 Å². The van der Waals surface area contributed by atoms with Crippen molar-refractivity contribution < 1.29 is 4.79 Å². The molecule has 1 aromatic carbocycles. The van der Waals surface area contributed by atoms with Gasteiger partial charge in [0.25, 0.3) is 0 Å². The summed E-state index contributed by atoms with van der Waals surface area (Å²) in [4.78, 5) is 12.5. The van der Waals surface area contributed by atoms with Crippen molar-refractivity contribution in [2.75, 3.05) is 7.05 Å². The maximum Gasteiger partial charge on any atom is 0.210 e. The third-order valence-corrected chi connectivity index (χ3v) is 2.62. The molecule has 0 aromatic heterocycles. The summed E-state index contributed by atoms with van der Waals surface area (Å²) in [5, 5.41) is 3.14. The van der Waals surface area contributed by atoms with Crippen LogP contribution < -0.4 is 5.32 Å². The molecule has 0 bridgehead atoms. The predicted molar refractivity (Wildman–Crippen MR) is 54.5 cm³/mol. The van der Waals surface area contributed by atoms with Gasteiger partial charge in [0.2, 0.25) is 6.41 Å². The highest BCUT2D eigenvalue weighted by Gasteiger charge is 2.19. The van der Waals surface area contributed by atoms with E-state index in [0.29, 0.717) is 0 Å². The zero-order valence-electron chi connectivity index (χ0n) is 8.29. The maximum atomic E-state index is 10.7. The smallest absolute Gasteiger partial charge is 0.210 e. The predicted octanol–water partition coefficient (Wildman–Crippen LogP) is 0.878. The molecule has 0 unspecified atom stereocenters. The number of rotatable bonds is 3. The second kappa shape index (κ2) is 3.80. The molecule has 3 nitrogen and oxygen atoms in total. The number of hydrogen-bond acceptors (Lipinski definition) is 2. The van der Waals surface area contributed by atoms with Crippen LogP contribution in [-0.4, -0.2) is 18.4 Å². The van der Waals surface area contributed by atoms with Gasteiger partial charge in [0.15, 0.2) is 0 Å². The van der Waals surface area contributed by atoms with E-state index >= 15 is 0 Å². The van der Waals surface area contributed by atoms with Crippen LogP contribution >= 0.6 is 0 Å². The zero-order chi connectivity index (χ0) is 9.97. The fourth-order valence-electron chi connectivity index (χ4n) is 1.95. The van der Waals surface area contributed by atoms with E-state index in [0.717, 1.165) is 26.0 Å². The van der Waals surface area contributed by atoms with Crippen molar-refractivity contribution in [3.8, 4) is 0 Å². The van der Waals surface area contributed by atoms with E-state index in [1.165, 1.54) is 16.7 Å². The second-order valence-electron chi connectivity index (χ2n) is 3.60. The van der Waals surface area contributed by atoms with Gasteiger partial charge in [-0.15, -0.1) is 0 Å². The summed E-state index contributed by atoms with van der Waals surface area (Å²) in [6, 6.07) is 6.27. The summed E-state index contributed by atoms with van der Waals surface area (Å²) < 4.78 is 0. The Morgan fingerprint density at radius 3 is 3.07 bits per heavy atom. The van der Waals surface area contributed by atoms with E-state index < -0.39 is 0 Å². The van der Waals surface area contributed by atoms with Crippen molar-refractivity contribution in [1.29, 1.82) is 0 Å². The Morgan fingerprint density at radius 2 is 2.36 bits per heavy atom. The first-order valence-electron chi connectivity index (χ1n) is 4.78. The van der Waals surface area contributed by atoms with Crippen molar-refractivity contribution in [2.45, 2.75) is 19.6 Å². The molecule has 0 spiro atoms. The maximum absolute atomic E-state index is 10.7. The number of amides is 1. The van der Waals surface area contributed by atoms with Gasteiger partial charge in [-0.3, -0.25) is 4.79 Å². The van der Waals surface area contributed by atoms with Crippen LogP contribution in [0.25, 0.3) is 0 Å². The third-order valence-electron chi connectivity index (χ3n) is 2.62. The Balaban J connectivity index is 2.31. The molecule has 74 valence electrons. The molecule has 1 heterocycles. The Bertz CT molecular complexity index is 349. The van der Waals surface area contributed by atoms with Gasteiger partial charge in [-0.2, -0.15) is 0 Å². The topological polar surface area (TPSA) is 32.3 Å². The molecule has 3 heteroatoms. The quantitative estimate of drug-likeness (QED) is 0.717. The summed E-state index contributed by atoms with van der Waals surface area (Å²) in [5.74, 6) is 0. The molecule has 1 aliphatic heterocycles. The number of fused-ring (bicyclic) bond motifs is 1. The molecule has 0 radical (unpaired) electrons. The molecular formula is C11H14N2O. The van der Waals surface area contributed by atoms with Crippen molar-refractivity contribution in [1.82, 2.24) is 10.2 Å². The Labute approximate surface area is 83.7 Å². The molecule has 1 N–H and O–H groups in total. The van der Waals surface area contributed by atoms with Crippen LogP contribution in [0.15, 0.2) is 18.2 Å². The fraction of sp³-hybridized carbons (Fsp3) is 0.364. The molecule has 1 amide bonds. The molecule has 0 atom stereocenters. The summed E-state index contributed by atoms with van der Waals surface area (Å²) in [6.07, 6.45) is 0.920. The molecule has 0 saturated carbocycles. The van der Waals surface area contributed by atoms with Gasteiger partial charge in [0.05, 0.1) is 0 Å². The SMILES string of the molecule is CNCc1cccc2c1CN(C=O)C2. The highest BCUT2D eigenvalue weighted by Crippen LogP contribution is 2.24. The highest BCUT2D eigenvalue weighted by atomic mass is 16.1. The second-order valence-corrected chi connectivity index (χ2v) is 3.60. The van der Waals surface area contributed by atoms with E-state index in [2.05, 4.69) is 23.5 Å². The number of carbonyl (C=O) groups is 1. The van der Waals surface area contributed by atoms with E-state index in [-0.39, 0.29) is 0 Å². The molecule has 14 heavy (non-hydrogen) atoms. The van der Waals surface area contributed by atoms with Gasteiger partial charge in [0.1, 0.15) is 0 Å². The van der Waals surface area contributed by atoms with Gasteiger partial charge >= 0.3 is 0 Å². The van der Waals surface area contributed by atoms with Gasteiger partial charge in [-0.05, 0) is 23.7 Å². The minimum atomic E-state index is 0.760. The fourth-order valence-corrected chi connectivity index (χ4v) is 1.95. The van der Waals surface area contributed by atoms with E-state index in [1.54, 1.807) is 4.90 Å². The van der Waals surface area contributed by atoms with E-state index in [1.807, 2.05) is 7.05 Å². The Kier molecular flexibility index (Phi) is 2.50. The first-order chi connectivity index (χ1) is 6.85. The van der Waals surface area contributed by atoms with Crippen molar-refractivity contribution >= 4 is 6.41 Å². The third kappa shape index (κ3) is 1.51. The van der Waals surface area contributed by atoms with Crippen LogP contribution in [0, 0.1) is 0 Å². The summed E-state index contributed by atoms with van der Waals surface area (Å²) in [7, 11) is 1.94. The number of carbonyl (C=O) groups excluding carboxylic acids is 1. The number of benzene rings is 1. The molecular weight excluding hydrogens is 176 g/mol. The lowest BCUT2D eigenvalue weighted by atomic mass is 10.0. The van der Waals surface area contributed by atoms with Crippen LogP contribution in [0.1, 0.15) is 16.7 Å². The number of hydrogen-bond donors (Lipinski definition) is 1. The zero-order valence-corrected chi connectivity index (χ0v) is 8.29. The van der Waals surface area contributed by atoms with Crippen LogP contribution in [0.5, 0.6) is 0 Å². The normalized spacial score (nSPS) is 14.2. The lowest BCUT2D eigenvalue weighted by Gasteiger charge is -2.07. The van der Waals surface area contributed by atoms with Gasteiger partial charge in [-0.25, -0.2) is 0 Å². The van der Waals surface area contributed by atoms with Gasteiger partial charge in [0, 0.05) is 19.6 Å². The Hall–Kier alpha value is -1.35. The minimum absolute atomic E-state index is 0.760. The Morgan fingerprint density at radius 1 is 1.50 bits per heavy atom. The average molecular weight is 190 g/mol. The first kappa shape index (κ1) is 9.21. The monoisotopic (exact) mass is 190 g/mol. The van der Waals surface area contributed by atoms with E-state index in [4.69, 9.17) is 0 Å². The van der Waals surface area contributed by atoms with Crippen LogP contribution in [0.2, 0.25) is 0 Å². The van der Waals surface area contributed by atoms with Crippen molar-refractivity contribution in [3.63, 3.8) is 0 Å². The number of nitrogens with zero attached hydrogens (tertiary/aromatic N) is 1. The van der Waals surface area contributed by atoms with E-state index in [9.17, 15) is 4.79 Å². The van der Waals surface area contributed by atoms with Crippen molar-refractivity contribution in [3.05, 3.63) is 34.9 Å². The average Bonchev–Trinajstić information content (AvgIpc) is 2.62. The minimum Gasteiger partial charge on any atom is -0.337 e. The van der Waals surface area contributed by atoms with Crippen LogP contribution in [0.4, 0.5) is 0 Å². The molecule has 1 aliphatic rings. The molecule has 1 aromatic rings. The lowest BCUT2D eigenvalue weighted by Crippen LogP contribution is -2.13. The standard InChI is InChI=1S/C11H14N2O/c1-12-5-9-3-2-4-10-6-13(8-14)7-11(9)10/h2-4,8,12H,5-7H2,1H3. The van der Waals surface area contributed by atoms with Crippen LogP contribution in [0.3, 0.4) is 0 Å². The van der Waals surface area contributed by atoms with Gasteiger partial charge < -0.3 is 10.2 Å². The largest absolute Gasteiger partial charge is 0.337 e. The highest BCUT2D eigenvalue weighted by molar-refractivity contribution is 5.52. The molecule has 0 saturated heterocycles. The summed E-state index contributed by atoms with van der Waals surface area (Å²) >= 11 is 0. The summed E-state index contributed by atoms with van der Waals surface area (Å²) in [5.41, 5.74) is 3.90. The van der Waals surface area contributed by atoms with Gasteiger partial charge in [-0.1, -0.05) is 18.2 Å². The first-order valence-corrected chi connectivity index (χ1v) is 4.78. The van der Waals surface area contributed by atoms with Crippen LogP contribution in [-0.2, 0) is 24.4 Å². The molecule has 0 aliphatic carbocycles. The summed E-state index contributed by atoms with van der Waals surface area (Å²) in [6.45, 7) is 2.39. The molecule has 0 fully saturated rings. The number of nitrogens with one attached hydrogen (secondary N) is 1.